The second-order valence-electron chi connectivity index (χ2n) is 3.82. The molecule has 1 unspecified atom stereocenters. The standard InChI is InChI=1S/C14H17NO2/c1-3-15-14(12-8-9-17-10-12)11-4-6-13(16-2)7-5-11/h4-10,14-15H,3H2,1-2H3. The first kappa shape index (κ1) is 11.7. The highest BCUT2D eigenvalue weighted by molar-refractivity contribution is 5.34. The first-order valence-electron chi connectivity index (χ1n) is 5.74. The van der Waals surface area contributed by atoms with Gasteiger partial charge in [0.05, 0.1) is 25.7 Å². The van der Waals surface area contributed by atoms with Gasteiger partial charge in [0.2, 0.25) is 0 Å². The van der Waals surface area contributed by atoms with E-state index in [0.29, 0.717) is 0 Å². The van der Waals surface area contributed by atoms with Crippen molar-refractivity contribution in [1.29, 1.82) is 0 Å². The number of methoxy groups -OCH3 is 1. The number of hydrogen-bond acceptors (Lipinski definition) is 3. The van der Waals surface area contributed by atoms with Gasteiger partial charge in [-0.2, -0.15) is 0 Å². The highest BCUT2D eigenvalue weighted by Gasteiger charge is 2.13. The van der Waals surface area contributed by atoms with Crippen molar-refractivity contribution in [2.45, 2.75) is 13.0 Å². The highest BCUT2D eigenvalue weighted by atomic mass is 16.5. The van der Waals surface area contributed by atoms with Crippen molar-refractivity contribution in [1.82, 2.24) is 5.32 Å². The van der Waals surface area contributed by atoms with E-state index in [1.54, 1.807) is 19.6 Å². The lowest BCUT2D eigenvalue weighted by Gasteiger charge is -2.17. The molecule has 17 heavy (non-hydrogen) atoms. The number of benzene rings is 1. The zero-order valence-electron chi connectivity index (χ0n) is 10.1. The second-order valence-corrected chi connectivity index (χ2v) is 3.82. The number of ether oxygens (including phenoxy) is 1. The van der Waals surface area contributed by atoms with Gasteiger partial charge in [-0.1, -0.05) is 19.1 Å². The molecule has 0 radical (unpaired) electrons. The van der Waals surface area contributed by atoms with Crippen LogP contribution in [0.25, 0.3) is 0 Å². The molecule has 0 saturated carbocycles. The van der Waals surface area contributed by atoms with Gasteiger partial charge in [0.15, 0.2) is 0 Å². The summed E-state index contributed by atoms with van der Waals surface area (Å²) >= 11 is 0. The van der Waals surface area contributed by atoms with Crippen molar-refractivity contribution in [3.05, 3.63) is 54.0 Å². The first-order chi connectivity index (χ1) is 8.35. The van der Waals surface area contributed by atoms with Crippen molar-refractivity contribution < 1.29 is 9.15 Å². The fourth-order valence-electron chi connectivity index (χ4n) is 1.87. The summed E-state index contributed by atoms with van der Waals surface area (Å²) in [6.45, 7) is 3.00. The maximum atomic E-state index is 5.16. The third-order valence-electron chi connectivity index (χ3n) is 2.73. The molecule has 1 N–H and O–H groups in total. The van der Waals surface area contributed by atoms with E-state index in [-0.39, 0.29) is 6.04 Å². The van der Waals surface area contributed by atoms with Gasteiger partial charge in [-0.05, 0) is 30.3 Å². The molecule has 1 heterocycles. The molecule has 1 aromatic heterocycles. The minimum Gasteiger partial charge on any atom is -0.497 e. The average Bonchev–Trinajstić information content (AvgIpc) is 2.90. The fraction of sp³-hybridized carbons (Fsp3) is 0.286. The largest absolute Gasteiger partial charge is 0.497 e. The van der Waals surface area contributed by atoms with Crippen molar-refractivity contribution in [3.8, 4) is 5.75 Å². The molecule has 1 aromatic carbocycles. The summed E-state index contributed by atoms with van der Waals surface area (Å²) in [7, 11) is 1.67. The molecule has 90 valence electrons. The van der Waals surface area contributed by atoms with Crippen LogP contribution in [-0.2, 0) is 0 Å². The molecule has 0 aliphatic heterocycles. The third-order valence-corrected chi connectivity index (χ3v) is 2.73. The van der Waals surface area contributed by atoms with Crippen LogP contribution >= 0.6 is 0 Å². The van der Waals surface area contributed by atoms with Gasteiger partial charge in [-0.25, -0.2) is 0 Å². The number of rotatable bonds is 5. The van der Waals surface area contributed by atoms with Crippen LogP contribution in [0.3, 0.4) is 0 Å². The Labute approximate surface area is 101 Å². The lowest BCUT2D eigenvalue weighted by molar-refractivity contribution is 0.414. The smallest absolute Gasteiger partial charge is 0.118 e. The van der Waals surface area contributed by atoms with Crippen molar-refractivity contribution in [3.63, 3.8) is 0 Å². The molecular formula is C14H17NO2. The molecule has 0 aliphatic rings. The van der Waals surface area contributed by atoms with Crippen LogP contribution in [0.5, 0.6) is 5.75 Å². The highest BCUT2D eigenvalue weighted by Crippen LogP contribution is 2.24. The second kappa shape index (κ2) is 5.55. The van der Waals surface area contributed by atoms with Crippen molar-refractivity contribution in [2.75, 3.05) is 13.7 Å². The predicted molar refractivity (Wildman–Crippen MR) is 67.2 cm³/mol. The molecule has 1 atom stereocenters. The zero-order chi connectivity index (χ0) is 12.1. The Morgan fingerprint density at radius 3 is 2.47 bits per heavy atom. The SMILES string of the molecule is CCNC(c1ccc(OC)cc1)c1ccoc1. The Bertz CT molecular complexity index is 434. The van der Waals surface area contributed by atoms with Crippen molar-refractivity contribution in [2.24, 2.45) is 0 Å². The first-order valence-corrected chi connectivity index (χ1v) is 5.74. The Kier molecular flexibility index (Phi) is 3.83. The minimum atomic E-state index is 0.171. The van der Waals surface area contributed by atoms with E-state index in [2.05, 4.69) is 24.4 Å². The third kappa shape index (κ3) is 2.68. The Balaban J connectivity index is 2.26. The van der Waals surface area contributed by atoms with Crippen LogP contribution in [0.4, 0.5) is 0 Å². The predicted octanol–water partition coefficient (Wildman–Crippen LogP) is 2.99. The minimum absolute atomic E-state index is 0.171. The Morgan fingerprint density at radius 2 is 1.94 bits per heavy atom. The van der Waals surface area contributed by atoms with Gasteiger partial charge in [-0.15, -0.1) is 0 Å². The number of hydrogen-bond donors (Lipinski definition) is 1. The van der Waals surface area contributed by atoms with Crippen LogP contribution in [-0.4, -0.2) is 13.7 Å². The van der Waals surface area contributed by atoms with E-state index in [1.807, 2.05) is 18.2 Å². The van der Waals surface area contributed by atoms with Gasteiger partial charge in [0, 0.05) is 5.56 Å². The van der Waals surface area contributed by atoms with E-state index in [9.17, 15) is 0 Å². The van der Waals surface area contributed by atoms with E-state index < -0.39 is 0 Å². The van der Waals surface area contributed by atoms with E-state index in [4.69, 9.17) is 9.15 Å². The van der Waals surface area contributed by atoms with Crippen LogP contribution < -0.4 is 10.1 Å². The zero-order valence-corrected chi connectivity index (χ0v) is 10.1. The molecule has 0 amide bonds. The maximum absolute atomic E-state index is 5.16. The molecule has 2 aromatic rings. The van der Waals surface area contributed by atoms with Gasteiger partial charge in [0.25, 0.3) is 0 Å². The lowest BCUT2D eigenvalue weighted by atomic mass is 10.0. The maximum Gasteiger partial charge on any atom is 0.118 e. The molecule has 0 fully saturated rings. The number of furan rings is 1. The molecule has 0 bridgehead atoms. The summed E-state index contributed by atoms with van der Waals surface area (Å²) in [6, 6.07) is 10.2. The van der Waals surface area contributed by atoms with Crippen LogP contribution in [0, 0.1) is 0 Å². The summed E-state index contributed by atoms with van der Waals surface area (Å²) < 4.78 is 10.3. The lowest BCUT2D eigenvalue weighted by Crippen LogP contribution is -2.21. The quantitative estimate of drug-likeness (QED) is 0.859. The Morgan fingerprint density at radius 1 is 1.18 bits per heavy atom. The molecule has 0 aliphatic carbocycles. The van der Waals surface area contributed by atoms with Crippen LogP contribution in [0.15, 0.2) is 47.3 Å². The molecule has 0 saturated heterocycles. The van der Waals surface area contributed by atoms with Gasteiger partial charge >= 0.3 is 0 Å². The molecule has 2 rings (SSSR count). The van der Waals surface area contributed by atoms with E-state index >= 15 is 0 Å². The molecule has 3 nitrogen and oxygen atoms in total. The molecular weight excluding hydrogens is 214 g/mol. The van der Waals surface area contributed by atoms with E-state index in [1.165, 1.54) is 5.56 Å². The molecule has 3 heteroatoms. The van der Waals surface area contributed by atoms with Gasteiger partial charge in [0.1, 0.15) is 5.75 Å². The Hall–Kier alpha value is -1.74. The van der Waals surface area contributed by atoms with Gasteiger partial charge in [-0.3, -0.25) is 0 Å². The summed E-state index contributed by atoms with van der Waals surface area (Å²) in [5.41, 5.74) is 2.34. The molecule has 0 spiro atoms. The van der Waals surface area contributed by atoms with Crippen LogP contribution in [0.1, 0.15) is 24.1 Å². The summed E-state index contributed by atoms with van der Waals surface area (Å²) in [5.74, 6) is 0.871. The normalized spacial score (nSPS) is 12.4. The van der Waals surface area contributed by atoms with Crippen LogP contribution in [0.2, 0.25) is 0 Å². The summed E-state index contributed by atoms with van der Waals surface area (Å²) in [5, 5.41) is 3.44. The van der Waals surface area contributed by atoms with E-state index in [0.717, 1.165) is 17.9 Å². The summed E-state index contributed by atoms with van der Waals surface area (Å²) in [4.78, 5) is 0. The van der Waals surface area contributed by atoms with Crippen molar-refractivity contribution >= 4 is 0 Å². The number of nitrogens with one attached hydrogen (secondary N) is 1. The average molecular weight is 231 g/mol. The monoisotopic (exact) mass is 231 g/mol. The van der Waals surface area contributed by atoms with Gasteiger partial charge < -0.3 is 14.5 Å². The fourth-order valence-corrected chi connectivity index (χ4v) is 1.87. The summed E-state index contributed by atoms with van der Waals surface area (Å²) in [6.07, 6.45) is 3.47. The topological polar surface area (TPSA) is 34.4 Å².